The van der Waals surface area contributed by atoms with E-state index in [0.29, 0.717) is 0 Å². The maximum Gasteiger partial charge on any atom is 0.242 e. The molecule has 1 fully saturated rings. The summed E-state index contributed by atoms with van der Waals surface area (Å²) in [4.78, 5) is 24.7. The van der Waals surface area contributed by atoms with Crippen molar-refractivity contribution < 1.29 is 4.79 Å². The number of rotatable bonds is 5. The van der Waals surface area contributed by atoms with E-state index in [9.17, 15) is 4.79 Å². The second kappa shape index (κ2) is 7.52. The second-order valence-corrected chi connectivity index (χ2v) is 7.73. The Labute approximate surface area is 152 Å². The van der Waals surface area contributed by atoms with Gasteiger partial charge in [0.05, 0.1) is 5.39 Å². The Morgan fingerprint density at radius 1 is 1.32 bits per heavy atom. The smallest absolute Gasteiger partial charge is 0.242 e. The van der Waals surface area contributed by atoms with Crippen LogP contribution in [0, 0.1) is 0 Å². The zero-order valence-corrected chi connectivity index (χ0v) is 15.2. The molecule has 0 unspecified atom stereocenters. The third kappa shape index (κ3) is 3.54. The van der Waals surface area contributed by atoms with E-state index in [1.165, 1.54) is 31.3 Å². The number of hydrogen-bond donors (Lipinski definition) is 1. The van der Waals surface area contributed by atoms with Crippen molar-refractivity contribution in [3.8, 4) is 0 Å². The van der Waals surface area contributed by atoms with E-state index in [2.05, 4.69) is 32.3 Å². The van der Waals surface area contributed by atoms with Crippen LogP contribution in [0.1, 0.15) is 44.9 Å². The number of carbonyl (C=O) groups is 1. The molecule has 1 atom stereocenters. The van der Waals surface area contributed by atoms with Crippen molar-refractivity contribution in [3.63, 3.8) is 0 Å². The number of nitrogens with one attached hydrogen (secondary N) is 1. The van der Waals surface area contributed by atoms with Gasteiger partial charge in [0.1, 0.15) is 23.0 Å². The van der Waals surface area contributed by atoms with Crippen molar-refractivity contribution >= 4 is 33.3 Å². The van der Waals surface area contributed by atoms with Crippen molar-refractivity contribution in [1.29, 1.82) is 0 Å². The molecular weight excluding hydrogens is 332 g/mol. The molecule has 5 nitrogen and oxygen atoms in total. The number of fused-ring (bicyclic) bond motifs is 1. The molecule has 0 saturated carbocycles. The SMILES string of the molecule is O=C(NCCC1=CCCCC1)[C@H]1CCCN1c1ncnc2sccc12. The molecule has 2 aliphatic rings. The molecule has 0 spiro atoms. The normalized spacial score (nSPS) is 20.7. The minimum atomic E-state index is -0.113. The van der Waals surface area contributed by atoms with Crippen molar-refractivity contribution in [3.05, 3.63) is 29.4 Å². The Morgan fingerprint density at radius 3 is 3.16 bits per heavy atom. The van der Waals surface area contributed by atoms with E-state index >= 15 is 0 Å². The van der Waals surface area contributed by atoms with Gasteiger partial charge in [0.2, 0.25) is 5.91 Å². The lowest BCUT2D eigenvalue weighted by atomic mass is 9.97. The van der Waals surface area contributed by atoms with Crippen molar-refractivity contribution in [2.45, 2.75) is 51.0 Å². The predicted octanol–water partition coefficient (Wildman–Crippen LogP) is 3.67. The van der Waals surface area contributed by atoms with Gasteiger partial charge >= 0.3 is 0 Å². The minimum absolute atomic E-state index is 0.113. The van der Waals surface area contributed by atoms with Crippen LogP contribution >= 0.6 is 11.3 Å². The first-order valence-electron chi connectivity index (χ1n) is 9.23. The fraction of sp³-hybridized carbons (Fsp3) is 0.526. The summed E-state index contributed by atoms with van der Waals surface area (Å²) < 4.78 is 0. The molecule has 1 aliphatic carbocycles. The Kier molecular flexibility index (Phi) is 4.97. The Bertz CT molecular complexity index is 785. The molecule has 2 aromatic heterocycles. The third-order valence-electron chi connectivity index (χ3n) is 5.20. The number of nitrogens with zero attached hydrogens (tertiary/aromatic N) is 3. The van der Waals surface area contributed by atoms with E-state index < -0.39 is 0 Å². The predicted molar refractivity (Wildman–Crippen MR) is 102 cm³/mol. The standard InChI is InChI=1S/C19H24N4OS/c24-18(20-10-8-14-5-2-1-3-6-14)16-7-4-11-23(16)17-15-9-12-25-19(15)22-13-21-17/h5,9,12-13,16H,1-4,6-8,10-11H2,(H,20,24)/t16-/m1/s1. The summed E-state index contributed by atoms with van der Waals surface area (Å²) in [6.45, 7) is 1.62. The van der Waals surface area contributed by atoms with Crippen molar-refractivity contribution in [2.24, 2.45) is 0 Å². The molecule has 2 aromatic rings. The lowest BCUT2D eigenvalue weighted by Gasteiger charge is -2.25. The number of carbonyl (C=O) groups excluding carboxylic acids is 1. The Balaban J connectivity index is 1.41. The van der Waals surface area contributed by atoms with Crippen LogP contribution in [-0.2, 0) is 4.79 Å². The molecule has 3 heterocycles. The van der Waals surface area contributed by atoms with Crippen LogP contribution in [0.4, 0.5) is 5.82 Å². The van der Waals surface area contributed by atoms with Crippen LogP contribution < -0.4 is 10.2 Å². The highest BCUT2D eigenvalue weighted by Gasteiger charge is 2.32. The number of amides is 1. The second-order valence-electron chi connectivity index (χ2n) is 6.84. The summed E-state index contributed by atoms with van der Waals surface area (Å²) in [5.41, 5.74) is 1.51. The molecule has 25 heavy (non-hydrogen) atoms. The molecule has 1 amide bonds. The van der Waals surface area contributed by atoms with E-state index in [-0.39, 0.29) is 11.9 Å². The van der Waals surface area contributed by atoms with E-state index in [1.807, 2.05) is 5.38 Å². The van der Waals surface area contributed by atoms with Gasteiger partial charge in [-0.1, -0.05) is 11.6 Å². The first-order valence-corrected chi connectivity index (χ1v) is 10.1. The zero-order valence-electron chi connectivity index (χ0n) is 14.4. The molecule has 6 heteroatoms. The van der Waals surface area contributed by atoms with Crippen molar-refractivity contribution in [2.75, 3.05) is 18.0 Å². The fourth-order valence-corrected chi connectivity index (χ4v) is 4.62. The summed E-state index contributed by atoms with van der Waals surface area (Å²) in [5, 5.41) is 6.24. The van der Waals surface area contributed by atoms with Crippen LogP contribution in [0.3, 0.4) is 0 Å². The lowest BCUT2D eigenvalue weighted by Crippen LogP contribution is -2.44. The first-order chi connectivity index (χ1) is 12.3. The number of aromatic nitrogens is 2. The molecule has 1 saturated heterocycles. The average Bonchev–Trinajstić information content (AvgIpc) is 3.31. The topological polar surface area (TPSA) is 58.1 Å². The summed E-state index contributed by atoms with van der Waals surface area (Å²) in [6.07, 6.45) is 11.9. The summed E-state index contributed by atoms with van der Waals surface area (Å²) >= 11 is 1.62. The molecule has 0 bridgehead atoms. The zero-order chi connectivity index (χ0) is 17.1. The van der Waals surface area contributed by atoms with Gasteiger partial charge in [-0.2, -0.15) is 0 Å². The van der Waals surface area contributed by atoms with Gasteiger partial charge in [0, 0.05) is 13.1 Å². The number of thiophene rings is 1. The van der Waals surface area contributed by atoms with E-state index in [4.69, 9.17) is 0 Å². The van der Waals surface area contributed by atoms with Gasteiger partial charge in [0.15, 0.2) is 0 Å². The third-order valence-corrected chi connectivity index (χ3v) is 6.02. The average molecular weight is 356 g/mol. The maximum absolute atomic E-state index is 12.7. The number of hydrogen-bond acceptors (Lipinski definition) is 5. The Hall–Kier alpha value is -1.95. The molecular formula is C19H24N4OS. The van der Waals surface area contributed by atoms with Gasteiger partial charge < -0.3 is 10.2 Å². The van der Waals surface area contributed by atoms with Crippen LogP contribution in [-0.4, -0.2) is 35.0 Å². The van der Waals surface area contributed by atoms with Crippen LogP contribution in [0.5, 0.6) is 0 Å². The molecule has 0 aromatic carbocycles. The molecule has 1 N–H and O–H groups in total. The molecule has 4 rings (SSSR count). The highest BCUT2D eigenvalue weighted by molar-refractivity contribution is 7.16. The van der Waals surface area contributed by atoms with Crippen LogP contribution in [0.2, 0.25) is 0 Å². The van der Waals surface area contributed by atoms with Crippen molar-refractivity contribution in [1.82, 2.24) is 15.3 Å². The number of anilines is 1. The highest BCUT2D eigenvalue weighted by Crippen LogP contribution is 2.31. The van der Waals surface area contributed by atoms with Gasteiger partial charge in [-0.25, -0.2) is 9.97 Å². The summed E-state index contributed by atoms with van der Waals surface area (Å²) in [7, 11) is 0. The van der Waals surface area contributed by atoms with Gasteiger partial charge in [-0.3, -0.25) is 4.79 Å². The fourth-order valence-electron chi connectivity index (χ4n) is 3.89. The number of allylic oxidation sites excluding steroid dienone is 1. The largest absolute Gasteiger partial charge is 0.354 e. The first kappa shape index (κ1) is 16.5. The van der Waals surface area contributed by atoms with Gasteiger partial charge in [-0.05, 0) is 56.4 Å². The molecule has 1 aliphatic heterocycles. The van der Waals surface area contributed by atoms with Crippen LogP contribution in [0.25, 0.3) is 10.2 Å². The van der Waals surface area contributed by atoms with Gasteiger partial charge in [0.25, 0.3) is 0 Å². The van der Waals surface area contributed by atoms with Crippen LogP contribution in [0.15, 0.2) is 29.4 Å². The minimum Gasteiger partial charge on any atom is -0.354 e. The monoisotopic (exact) mass is 356 g/mol. The quantitative estimate of drug-likeness (QED) is 0.831. The molecule has 0 radical (unpaired) electrons. The Morgan fingerprint density at radius 2 is 2.28 bits per heavy atom. The van der Waals surface area contributed by atoms with E-state index in [1.54, 1.807) is 17.7 Å². The summed E-state index contributed by atoms with van der Waals surface area (Å²) in [5.74, 6) is 1.04. The molecule has 132 valence electrons. The van der Waals surface area contributed by atoms with Gasteiger partial charge in [-0.15, -0.1) is 11.3 Å². The van der Waals surface area contributed by atoms with E-state index in [0.717, 1.165) is 48.4 Å². The summed E-state index contributed by atoms with van der Waals surface area (Å²) in [6, 6.07) is 1.94. The maximum atomic E-state index is 12.7. The lowest BCUT2D eigenvalue weighted by molar-refractivity contribution is -0.122. The highest BCUT2D eigenvalue weighted by atomic mass is 32.1.